The van der Waals surface area contributed by atoms with Crippen molar-refractivity contribution in [3.05, 3.63) is 41.3 Å². The van der Waals surface area contributed by atoms with Gasteiger partial charge in [-0.3, -0.25) is 4.79 Å². The molecule has 128 valence electrons. The second-order valence-electron chi connectivity index (χ2n) is 5.06. The fraction of sp³-hybridized carbons (Fsp3) is 0.375. The van der Waals surface area contributed by atoms with Gasteiger partial charge in [0, 0.05) is 12.7 Å². The molecule has 0 saturated heterocycles. The molecule has 0 radical (unpaired) electrons. The first-order valence-corrected chi connectivity index (χ1v) is 7.00. The maximum Gasteiger partial charge on any atom is 0.400 e. The highest BCUT2D eigenvalue weighted by Gasteiger charge is 2.78. The van der Waals surface area contributed by atoms with Gasteiger partial charge in [0.1, 0.15) is 5.75 Å². The minimum absolute atomic E-state index is 0.189. The van der Waals surface area contributed by atoms with Gasteiger partial charge in [0.25, 0.3) is 5.95 Å². The molecule has 0 aromatic heterocycles. The molecule has 0 spiro atoms. The van der Waals surface area contributed by atoms with E-state index in [2.05, 4.69) is 0 Å². The SMILES string of the molecule is COC(=O)C1=C(OC)OC2(OC)Oc3ccccc3C12C(=O)OC. The van der Waals surface area contributed by atoms with Gasteiger partial charge in [0.15, 0.2) is 5.57 Å². The molecular weight excluding hydrogens is 320 g/mol. The van der Waals surface area contributed by atoms with Crippen molar-refractivity contribution in [2.45, 2.75) is 11.4 Å². The van der Waals surface area contributed by atoms with E-state index in [-0.39, 0.29) is 11.5 Å². The molecule has 8 heteroatoms. The van der Waals surface area contributed by atoms with Crippen LogP contribution in [0.5, 0.6) is 5.75 Å². The van der Waals surface area contributed by atoms with Gasteiger partial charge in [0.2, 0.25) is 5.41 Å². The summed E-state index contributed by atoms with van der Waals surface area (Å²) >= 11 is 0. The molecule has 0 N–H and O–H groups in total. The van der Waals surface area contributed by atoms with E-state index in [0.29, 0.717) is 11.3 Å². The summed E-state index contributed by atoms with van der Waals surface area (Å²) < 4.78 is 31.7. The van der Waals surface area contributed by atoms with Crippen LogP contribution in [-0.2, 0) is 38.7 Å². The van der Waals surface area contributed by atoms with Crippen LogP contribution >= 0.6 is 0 Å². The van der Waals surface area contributed by atoms with Crippen LogP contribution in [-0.4, -0.2) is 46.4 Å². The highest BCUT2D eigenvalue weighted by Crippen LogP contribution is 2.60. The number of fused-ring (bicyclic) bond motifs is 3. The number of ether oxygens (including phenoxy) is 6. The van der Waals surface area contributed by atoms with E-state index in [1.165, 1.54) is 28.4 Å². The van der Waals surface area contributed by atoms with Crippen LogP contribution < -0.4 is 4.74 Å². The summed E-state index contributed by atoms with van der Waals surface area (Å²) in [4.78, 5) is 25.3. The molecule has 8 nitrogen and oxygen atoms in total. The first kappa shape index (κ1) is 16.1. The van der Waals surface area contributed by atoms with Gasteiger partial charge in [0.05, 0.1) is 21.3 Å². The van der Waals surface area contributed by atoms with Crippen LogP contribution in [0.25, 0.3) is 0 Å². The van der Waals surface area contributed by atoms with E-state index < -0.39 is 23.3 Å². The van der Waals surface area contributed by atoms with Crippen molar-refractivity contribution in [3.8, 4) is 5.75 Å². The van der Waals surface area contributed by atoms with E-state index in [1.807, 2.05) is 0 Å². The monoisotopic (exact) mass is 336 g/mol. The molecule has 2 aliphatic heterocycles. The Labute approximate surface area is 137 Å². The molecule has 3 rings (SSSR count). The molecule has 24 heavy (non-hydrogen) atoms. The van der Waals surface area contributed by atoms with Crippen LogP contribution in [0.15, 0.2) is 35.8 Å². The summed E-state index contributed by atoms with van der Waals surface area (Å²) in [7, 11) is 4.96. The summed E-state index contributed by atoms with van der Waals surface area (Å²) in [6, 6.07) is 6.66. The topological polar surface area (TPSA) is 89.5 Å². The number of carbonyl (C=O) groups excluding carboxylic acids is 2. The number of hydrogen-bond acceptors (Lipinski definition) is 8. The van der Waals surface area contributed by atoms with Crippen LogP contribution in [0, 0.1) is 0 Å². The van der Waals surface area contributed by atoms with Gasteiger partial charge in [-0.25, -0.2) is 4.79 Å². The Hall–Kier alpha value is -2.74. The van der Waals surface area contributed by atoms with E-state index in [0.717, 1.165) is 0 Å². The second-order valence-corrected chi connectivity index (χ2v) is 5.06. The largest absolute Gasteiger partial charge is 0.468 e. The zero-order valence-corrected chi connectivity index (χ0v) is 13.6. The zero-order chi connectivity index (χ0) is 17.5. The van der Waals surface area contributed by atoms with E-state index in [1.54, 1.807) is 24.3 Å². The number of para-hydroxylation sites is 1. The van der Waals surface area contributed by atoms with Crippen LogP contribution in [0.4, 0.5) is 0 Å². The molecule has 1 aromatic rings. The van der Waals surface area contributed by atoms with Crippen LogP contribution in [0.1, 0.15) is 5.56 Å². The standard InChI is InChI=1S/C16H16O8/c1-19-12(17)11-13(20-2)24-16(22-4)15(11,14(18)21-3)9-7-5-6-8-10(9)23-16/h5-8H,1-4H3. The van der Waals surface area contributed by atoms with Crippen molar-refractivity contribution in [3.63, 3.8) is 0 Å². The number of esters is 2. The van der Waals surface area contributed by atoms with Crippen molar-refractivity contribution in [1.82, 2.24) is 0 Å². The van der Waals surface area contributed by atoms with Gasteiger partial charge >= 0.3 is 17.9 Å². The Kier molecular flexibility index (Phi) is 3.64. The quantitative estimate of drug-likeness (QED) is 0.748. The Bertz CT molecular complexity index is 739. The smallest absolute Gasteiger partial charge is 0.400 e. The molecule has 0 bridgehead atoms. The normalized spacial score (nSPS) is 26.8. The van der Waals surface area contributed by atoms with Gasteiger partial charge in [-0.1, -0.05) is 18.2 Å². The predicted molar refractivity (Wildman–Crippen MR) is 77.6 cm³/mol. The molecular formula is C16H16O8. The average Bonchev–Trinajstić information content (AvgIpc) is 3.07. The van der Waals surface area contributed by atoms with Gasteiger partial charge in [-0.15, -0.1) is 0 Å². The fourth-order valence-electron chi connectivity index (χ4n) is 3.17. The third-order valence-electron chi connectivity index (χ3n) is 4.14. The number of hydrogen-bond donors (Lipinski definition) is 0. The molecule has 2 unspecified atom stereocenters. The molecule has 2 heterocycles. The van der Waals surface area contributed by atoms with E-state index >= 15 is 0 Å². The van der Waals surface area contributed by atoms with Gasteiger partial charge in [-0.2, -0.15) is 0 Å². The summed E-state index contributed by atoms with van der Waals surface area (Å²) in [5.74, 6) is -3.51. The molecule has 2 atom stereocenters. The summed E-state index contributed by atoms with van der Waals surface area (Å²) in [5.41, 5.74) is -1.68. The van der Waals surface area contributed by atoms with Crippen molar-refractivity contribution in [2.75, 3.05) is 28.4 Å². The lowest BCUT2D eigenvalue weighted by Crippen LogP contribution is -2.58. The van der Waals surface area contributed by atoms with Crippen LogP contribution in [0.2, 0.25) is 0 Å². The number of rotatable bonds is 4. The maximum atomic E-state index is 12.9. The molecule has 0 saturated carbocycles. The number of benzene rings is 1. The molecule has 0 amide bonds. The molecule has 0 aliphatic carbocycles. The lowest BCUT2D eigenvalue weighted by molar-refractivity contribution is -0.329. The van der Waals surface area contributed by atoms with E-state index in [9.17, 15) is 9.59 Å². The number of methoxy groups -OCH3 is 4. The highest BCUT2D eigenvalue weighted by atomic mass is 16.9. The first-order chi connectivity index (χ1) is 11.5. The van der Waals surface area contributed by atoms with Crippen molar-refractivity contribution in [2.24, 2.45) is 0 Å². The zero-order valence-electron chi connectivity index (χ0n) is 13.6. The molecule has 2 aliphatic rings. The second kappa shape index (κ2) is 5.41. The Morgan fingerprint density at radius 1 is 1.00 bits per heavy atom. The van der Waals surface area contributed by atoms with Crippen molar-refractivity contribution >= 4 is 11.9 Å². The van der Waals surface area contributed by atoms with Crippen LogP contribution in [0.3, 0.4) is 0 Å². The Morgan fingerprint density at radius 3 is 2.29 bits per heavy atom. The minimum Gasteiger partial charge on any atom is -0.468 e. The first-order valence-electron chi connectivity index (χ1n) is 7.00. The lowest BCUT2D eigenvalue weighted by Gasteiger charge is -2.33. The van der Waals surface area contributed by atoms with Gasteiger partial charge in [-0.05, 0) is 6.07 Å². The van der Waals surface area contributed by atoms with E-state index in [4.69, 9.17) is 28.4 Å². The maximum absolute atomic E-state index is 12.9. The molecule has 0 fully saturated rings. The fourth-order valence-corrected chi connectivity index (χ4v) is 3.17. The highest BCUT2D eigenvalue weighted by molar-refractivity contribution is 6.05. The summed E-state index contributed by atoms with van der Waals surface area (Å²) in [6.45, 7) is 0. The lowest BCUT2D eigenvalue weighted by atomic mass is 9.74. The predicted octanol–water partition coefficient (Wildman–Crippen LogP) is 0.851. The molecule has 1 aromatic carbocycles. The van der Waals surface area contributed by atoms with Crippen molar-refractivity contribution < 1.29 is 38.0 Å². The average molecular weight is 336 g/mol. The Balaban J connectivity index is 2.40. The third kappa shape index (κ3) is 1.66. The minimum atomic E-state index is -1.97. The summed E-state index contributed by atoms with van der Waals surface area (Å²) in [5, 5.41) is 0. The Morgan fingerprint density at radius 2 is 1.71 bits per heavy atom. The number of carbonyl (C=O) groups is 2. The third-order valence-corrected chi connectivity index (χ3v) is 4.14. The van der Waals surface area contributed by atoms with Gasteiger partial charge < -0.3 is 28.4 Å². The van der Waals surface area contributed by atoms with Crippen molar-refractivity contribution in [1.29, 1.82) is 0 Å². The summed E-state index contributed by atoms with van der Waals surface area (Å²) in [6.07, 6.45) is 0.